The molecule has 0 aromatic rings. The molecular formula is C8H16N2O2S. The Hall–Kier alpha value is -0.600. The minimum Gasteiger partial charge on any atom is -0.330 e. The van der Waals surface area contributed by atoms with Crippen molar-refractivity contribution in [2.75, 3.05) is 12.3 Å². The van der Waals surface area contributed by atoms with Crippen LogP contribution in [-0.4, -0.2) is 26.0 Å². The third kappa shape index (κ3) is 4.86. The topological polar surface area (TPSA) is 84.0 Å². The molecule has 0 rings (SSSR count). The van der Waals surface area contributed by atoms with E-state index in [2.05, 4.69) is 0 Å². The zero-order chi connectivity index (χ0) is 10.3. The van der Waals surface area contributed by atoms with Crippen LogP contribution in [0.4, 0.5) is 0 Å². The van der Waals surface area contributed by atoms with Gasteiger partial charge in [-0.05, 0) is 26.3 Å². The Bertz CT molecular complexity index is 266. The molecule has 0 fully saturated rings. The summed E-state index contributed by atoms with van der Waals surface area (Å²) in [7, 11) is -3.03. The lowest BCUT2D eigenvalue weighted by Gasteiger charge is -2.10. The molecule has 5 heteroatoms. The predicted molar refractivity (Wildman–Crippen MR) is 51.8 cm³/mol. The van der Waals surface area contributed by atoms with E-state index in [1.54, 1.807) is 6.92 Å². The van der Waals surface area contributed by atoms with Gasteiger partial charge in [-0.2, -0.15) is 5.26 Å². The maximum absolute atomic E-state index is 11.4. The van der Waals surface area contributed by atoms with Crippen molar-refractivity contribution < 1.29 is 8.42 Å². The van der Waals surface area contributed by atoms with Gasteiger partial charge in [0.25, 0.3) is 0 Å². The van der Waals surface area contributed by atoms with Gasteiger partial charge in [0.2, 0.25) is 0 Å². The standard InChI is InChI=1S/C8H16N2O2S/c1-8(4-6-10)13(11,12)7-3-2-5-9/h8H,2-4,6-7,10H2,1H3. The van der Waals surface area contributed by atoms with E-state index >= 15 is 0 Å². The molecule has 13 heavy (non-hydrogen) atoms. The quantitative estimate of drug-likeness (QED) is 0.636. The Morgan fingerprint density at radius 3 is 2.62 bits per heavy atom. The number of hydrogen-bond acceptors (Lipinski definition) is 4. The molecule has 0 aliphatic rings. The van der Waals surface area contributed by atoms with Gasteiger partial charge < -0.3 is 5.73 Å². The van der Waals surface area contributed by atoms with Crippen molar-refractivity contribution in [3.8, 4) is 6.07 Å². The first-order chi connectivity index (χ1) is 6.04. The molecule has 76 valence electrons. The molecule has 2 N–H and O–H groups in total. The normalized spacial score (nSPS) is 13.6. The molecule has 0 aliphatic carbocycles. The fourth-order valence-electron chi connectivity index (χ4n) is 0.968. The summed E-state index contributed by atoms with van der Waals surface area (Å²) in [6.45, 7) is 2.05. The van der Waals surface area contributed by atoms with Gasteiger partial charge in [0, 0.05) is 6.42 Å². The molecule has 1 atom stereocenters. The highest BCUT2D eigenvalue weighted by Gasteiger charge is 2.18. The van der Waals surface area contributed by atoms with Gasteiger partial charge in [-0.3, -0.25) is 0 Å². The summed E-state index contributed by atoms with van der Waals surface area (Å²) in [5, 5.41) is 7.86. The summed E-state index contributed by atoms with van der Waals surface area (Å²) in [6, 6.07) is 1.92. The molecule has 0 saturated heterocycles. The molecule has 1 unspecified atom stereocenters. The number of nitrogens with zero attached hydrogens (tertiary/aromatic N) is 1. The highest BCUT2D eigenvalue weighted by Crippen LogP contribution is 2.07. The van der Waals surface area contributed by atoms with Gasteiger partial charge in [-0.15, -0.1) is 0 Å². The summed E-state index contributed by atoms with van der Waals surface area (Å²) in [4.78, 5) is 0. The maximum Gasteiger partial charge on any atom is 0.152 e. The van der Waals surface area contributed by atoms with Gasteiger partial charge in [0.05, 0.1) is 17.1 Å². The van der Waals surface area contributed by atoms with Crippen LogP contribution in [0.5, 0.6) is 0 Å². The van der Waals surface area contributed by atoms with E-state index in [0.29, 0.717) is 25.8 Å². The average molecular weight is 204 g/mol. The molecule has 0 heterocycles. The maximum atomic E-state index is 11.4. The second kappa shape index (κ2) is 5.95. The van der Waals surface area contributed by atoms with Crippen molar-refractivity contribution >= 4 is 9.84 Å². The number of nitrogens with two attached hydrogens (primary N) is 1. The Labute approximate surface area is 79.7 Å². The van der Waals surface area contributed by atoms with Crippen LogP contribution in [0.3, 0.4) is 0 Å². The van der Waals surface area contributed by atoms with Crippen molar-refractivity contribution in [3.63, 3.8) is 0 Å². The second-order valence-electron chi connectivity index (χ2n) is 3.02. The van der Waals surface area contributed by atoms with Crippen molar-refractivity contribution in [1.82, 2.24) is 0 Å². The first-order valence-electron chi connectivity index (χ1n) is 4.33. The molecule has 0 aliphatic heterocycles. The molecule has 0 amide bonds. The monoisotopic (exact) mass is 204 g/mol. The molecule has 0 aromatic heterocycles. The molecule has 0 aromatic carbocycles. The molecule has 0 saturated carbocycles. The van der Waals surface area contributed by atoms with E-state index in [1.165, 1.54) is 0 Å². The largest absolute Gasteiger partial charge is 0.330 e. The van der Waals surface area contributed by atoms with Crippen LogP contribution in [0.25, 0.3) is 0 Å². The van der Waals surface area contributed by atoms with Gasteiger partial charge in [-0.1, -0.05) is 0 Å². The smallest absolute Gasteiger partial charge is 0.152 e. The number of hydrogen-bond donors (Lipinski definition) is 1. The zero-order valence-corrected chi connectivity index (χ0v) is 8.68. The lowest BCUT2D eigenvalue weighted by molar-refractivity contribution is 0.576. The number of sulfone groups is 1. The van der Waals surface area contributed by atoms with E-state index in [1.807, 2.05) is 6.07 Å². The third-order valence-electron chi connectivity index (χ3n) is 1.90. The van der Waals surface area contributed by atoms with Gasteiger partial charge in [0.15, 0.2) is 9.84 Å². The van der Waals surface area contributed by atoms with E-state index in [-0.39, 0.29) is 11.0 Å². The number of rotatable bonds is 6. The van der Waals surface area contributed by atoms with Crippen LogP contribution in [0.15, 0.2) is 0 Å². The predicted octanol–water partition coefficient (Wildman–Crippen LogP) is 0.442. The van der Waals surface area contributed by atoms with Crippen LogP contribution in [0.1, 0.15) is 26.2 Å². The fourth-order valence-corrected chi connectivity index (χ4v) is 2.41. The van der Waals surface area contributed by atoms with E-state index in [4.69, 9.17) is 11.0 Å². The first-order valence-corrected chi connectivity index (χ1v) is 6.04. The minimum absolute atomic E-state index is 0.0989. The lowest BCUT2D eigenvalue weighted by atomic mass is 10.3. The highest BCUT2D eigenvalue weighted by molar-refractivity contribution is 7.91. The van der Waals surface area contributed by atoms with Gasteiger partial charge >= 0.3 is 0 Å². The van der Waals surface area contributed by atoms with Gasteiger partial charge in [-0.25, -0.2) is 8.42 Å². The van der Waals surface area contributed by atoms with E-state index < -0.39 is 9.84 Å². The Balaban J connectivity index is 4.01. The van der Waals surface area contributed by atoms with Crippen LogP contribution >= 0.6 is 0 Å². The summed E-state index contributed by atoms with van der Waals surface area (Å²) in [5.41, 5.74) is 5.26. The molecule has 4 nitrogen and oxygen atoms in total. The van der Waals surface area contributed by atoms with Crippen LogP contribution in [-0.2, 0) is 9.84 Å². The minimum atomic E-state index is -3.03. The van der Waals surface area contributed by atoms with Crippen LogP contribution in [0.2, 0.25) is 0 Å². The summed E-state index contributed by atoms with van der Waals surface area (Å²) >= 11 is 0. The van der Waals surface area contributed by atoms with E-state index in [0.717, 1.165) is 0 Å². The first kappa shape index (κ1) is 12.4. The zero-order valence-electron chi connectivity index (χ0n) is 7.86. The molecule has 0 radical (unpaired) electrons. The van der Waals surface area contributed by atoms with Crippen LogP contribution < -0.4 is 5.73 Å². The summed E-state index contributed by atoms with van der Waals surface area (Å²) < 4.78 is 22.9. The van der Waals surface area contributed by atoms with Crippen molar-refractivity contribution in [1.29, 1.82) is 5.26 Å². The SMILES string of the molecule is CC(CCN)S(=O)(=O)CCCC#N. The highest BCUT2D eigenvalue weighted by atomic mass is 32.2. The Morgan fingerprint density at radius 1 is 1.54 bits per heavy atom. The van der Waals surface area contributed by atoms with Crippen molar-refractivity contribution in [2.24, 2.45) is 5.73 Å². The summed E-state index contributed by atoms with van der Waals surface area (Å²) in [5.74, 6) is 0.0989. The lowest BCUT2D eigenvalue weighted by Crippen LogP contribution is -2.23. The molecule has 0 spiro atoms. The fraction of sp³-hybridized carbons (Fsp3) is 0.875. The Morgan fingerprint density at radius 2 is 2.15 bits per heavy atom. The summed E-state index contributed by atoms with van der Waals surface area (Å²) in [6.07, 6.45) is 1.22. The van der Waals surface area contributed by atoms with Crippen molar-refractivity contribution in [3.05, 3.63) is 0 Å². The third-order valence-corrected chi connectivity index (χ3v) is 4.22. The average Bonchev–Trinajstić information content (AvgIpc) is 2.05. The molecule has 0 bridgehead atoms. The van der Waals surface area contributed by atoms with E-state index in [9.17, 15) is 8.42 Å². The second-order valence-corrected chi connectivity index (χ2v) is 5.56. The Kier molecular flexibility index (Phi) is 5.67. The van der Waals surface area contributed by atoms with Crippen LogP contribution in [0, 0.1) is 11.3 Å². The number of unbranched alkanes of at least 4 members (excludes halogenated alkanes) is 1. The molecular weight excluding hydrogens is 188 g/mol. The van der Waals surface area contributed by atoms with Gasteiger partial charge in [0.1, 0.15) is 0 Å². The van der Waals surface area contributed by atoms with Crippen molar-refractivity contribution in [2.45, 2.75) is 31.4 Å². The number of nitriles is 1.